The highest BCUT2D eigenvalue weighted by Crippen LogP contribution is 1.98. The monoisotopic (exact) mass is 249 g/mol. The van der Waals surface area contributed by atoms with Crippen LogP contribution in [0.3, 0.4) is 0 Å². The van der Waals surface area contributed by atoms with Crippen molar-refractivity contribution in [1.82, 2.24) is 25.5 Å². The smallest absolute Gasteiger partial charge is 0.269 e. The van der Waals surface area contributed by atoms with Crippen molar-refractivity contribution in [3.05, 3.63) is 42.0 Å². The molecule has 0 fully saturated rings. The highest BCUT2D eigenvalue weighted by Gasteiger charge is 2.06. The molecule has 2 aromatic rings. The van der Waals surface area contributed by atoms with Gasteiger partial charge in [-0.1, -0.05) is 0 Å². The van der Waals surface area contributed by atoms with Gasteiger partial charge in [-0.15, -0.1) is 0 Å². The van der Waals surface area contributed by atoms with Gasteiger partial charge in [0.25, 0.3) is 5.91 Å². The number of carbonyl (C=O) groups is 1. The summed E-state index contributed by atoms with van der Waals surface area (Å²) in [4.78, 5) is 19.2. The second-order valence-corrected chi connectivity index (χ2v) is 3.65. The van der Waals surface area contributed by atoms with Gasteiger partial charge in [0.05, 0.1) is 6.20 Å². The van der Waals surface area contributed by atoms with E-state index in [1.165, 1.54) is 18.5 Å². The number of hydrogen-bond acceptors (Lipinski definition) is 4. The van der Waals surface area contributed by atoms with Gasteiger partial charge in [0, 0.05) is 13.0 Å². The van der Waals surface area contributed by atoms with Crippen LogP contribution in [-0.2, 0) is 6.42 Å². The van der Waals surface area contributed by atoms with Gasteiger partial charge in [0.1, 0.15) is 23.7 Å². The molecule has 0 radical (unpaired) electrons. The molecular formula is C11H12FN5O. The summed E-state index contributed by atoms with van der Waals surface area (Å²) in [5.41, 5.74) is 0.205. The lowest BCUT2D eigenvalue weighted by molar-refractivity contribution is 0.0948. The van der Waals surface area contributed by atoms with E-state index in [0.717, 1.165) is 18.4 Å². The lowest BCUT2D eigenvalue weighted by atomic mass is 10.3. The average molecular weight is 249 g/mol. The third-order valence-electron chi connectivity index (χ3n) is 2.30. The van der Waals surface area contributed by atoms with E-state index in [2.05, 4.69) is 25.5 Å². The molecule has 1 amide bonds. The maximum absolute atomic E-state index is 12.6. The summed E-state index contributed by atoms with van der Waals surface area (Å²) < 4.78 is 12.6. The summed E-state index contributed by atoms with van der Waals surface area (Å²) in [5.74, 6) is 0.00796. The predicted octanol–water partition coefficient (Wildman–Crippen LogP) is 0.701. The number of halogens is 1. The van der Waals surface area contributed by atoms with E-state index < -0.39 is 5.82 Å². The Balaban J connectivity index is 1.73. The molecule has 0 saturated heterocycles. The topological polar surface area (TPSA) is 83.6 Å². The molecule has 6 nitrogen and oxygen atoms in total. The Labute approximate surface area is 103 Å². The van der Waals surface area contributed by atoms with Gasteiger partial charge in [-0.25, -0.2) is 14.4 Å². The SMILES string of the molecule is O=C(NCCCc1ncn[nH]1)c1ccc(F)cn1. The molecule has 0 aromatic carbocycles. The van der Waals surface area contributed by atoms with Crippen LogP contribution >= 0.6 is 0 Å². The van der Waals surface area contributed by atoms with Crippen molar-refractivity contribution in [1.29, 1.82) is 0 Å². The Bertz CT molecular complexity index is 497. The van der Waals surface area contributed by atoms with Crippen molar-refractivity contribution in [3.8, 4) is 0 Å². The van der Waals surface area contributed by atoms with Crippen molar-refractivity contribution in [2.75, 3.05) is 6.54 Å². The van der Waals surface area contributed by atoms with Gasteiger partial charge in [-0.3, -0.25) is 9.89 Å². The van der Waals surface area contributed by atoms with Gasteiger partial charge < -0.3 is 5.32 Å². The second kappa shape index (κ2) is 5.85. The number of aromatic nitrogens is 4. The minimum Gasteiger partial charge on any atom is -0.351 e. The first-order valence-corrected chi connectivity index (χ1v) is 5.49. The molecule has 0 unspecified atom stereocenters. The van der Waals surface area contributed by atoms with Crippen LogP contribution in [0.25, 0.3) is 0 Å². The van der Waals surface area contributed by atoms with Crippen LogP contribution in [0.5, 0.6) is 0 Å². The van der Waals surface area contributed by atoms with E-state index in [1.54, 1.807) is 0 Å². The maximum atomic E-state index is 12.6. The van der Waals surface area contributed by atoms with E-state index >= 15 is 0 Å². The Morgan fingerprint density at radius 2 is 2.28 bits per heavy atom. The molecule has 18 heavy (non-hydrogen) atoms. The van der Waals surface area contributed by atoms with Gasteiger partial charge in [-0.2, -0.15) is 5.10 Å². The van der Waals surface area contributed by atoms with E-state index in [1.807, 2.05) is 0 Å². The van der Waals surface area contributed by atoms with Crippen molar-refractivity contribution in [2.45, 2.75) is 12.8 Å². The number of H-pyrrole nitrogens is 1. The zero-order valence-electron chi connectivity index (χ0n) is 9.56. The zero-order chi connectivity index (χ0) is 12.8. The first-order valence-electron chi connectivity index (χ1n) is 5.49. The van der Waals surface area contributed by atoms with E-state index in [4.69, 9.17) is 0 Å². The number of rotatable bonds is 5. The largest absolute Gasteiger partial charge is 0.351 e. The number of hydrogen-bond donors (Lipinski definition) is 2. The summed E-state index contributed by atoms with van der Waals surface area (Å²) in [6.07, 6.45) is 3.90. The fourth-order valence-electron chi connectivity index (χ4n) is 1.41. The van der Waals surface area contributed by atoms with Crippen LogP contribution in [0, 0.1) is 5.82 Å². The van der Waals surface area contributed by atoms with Crippen molar-refractivity contribution in [3.63, 3.8) is 0 Å². The number of pyridine rings is 1. The zero-order valence-corrected chi connectivity index (χ0v) is 9.56. The lowest BCUT2D eigenvalue weighted by Crippen LogP contribution is -2.25. The third-order valence-corrected chi connectivity index (χ3v) is 2.30. The van der Waals surface area contributed by atoms with Gasteiger partial charge >= 0.3 is 0 Å². The molecule has 0 aliphatic heterocycles. The molecule has 2 rings (SSSR count). The molecule has 7 heteroatoms. The number of nitrogens with zero attached hydrogens (tertiary/aromatic N) is 3. The number of aryl methyl sites for hydroxylation is 1. The molecule has 0 atom stereocenters. The fraction of sp³-hybridized carbons (Fsp3) is 0.273. The molecule has 0 aliphatic rings. The first-order chi connectivity index (χ1) is 8.75. The molecule has 2 aromatic heterocycles. The molecular weight excluding hydrogens is 237 g/mol. The number of nitrogens with one attached hydrogen (secondary N) is 2. The van der Waals surface area contributed by atoms with Crippen molar-refractivity contribution < 1.29 is 9.18 Å². The van der Waals surface area contributed by atoms with Crippen LogP contribution < -0.4 is 5.32 Å². The van der Waals surface area contributed by atoms with Crippen LogP contribution in [0.4, 0.5) is 4.39 Å². The summed E-state index contributed by atoms with van der Waals surface area (Å²) in [6.45, 7) is 0.499. The van der Waals surface area contributed by atoms with Gasteiger partial charge in [-0.05, 0) is 18.6 Å². The Hall–Kier alpha value is -2.31. The second-order valence-electron chi connectivity index (χ2n) is 3.65. The normalized spacial score (nSPS) is 10.3. The lowest BCUT2D eigenvalue weighted by Gasteiger charge is -2.03. The number of carbonyl (C=O) groups excluding carboxylic acids is 1. The molecule has 0 aliphatic carbocycles. The van der Waals surface area contributed by atoms with Gasteiger partial charge in [0.15, 0.2) is 0 Å². The van der Waals surface area contributed by atoms with Crippen molar-refractivity contribution >= 4 is 5.91 Å². The first kappa shape index (κ1) is 12.2. The molecule has 0 spiro atoms. The minimum atomic E-state index is -0.461. The third kappa shape index (κ3) is 3.34. The Morgan fingerprint density at radius 3 is 2.94 bits per heavy atom. The number of amides is 1. The molecule has 0 saturated carbocycles. The van der Waals surface area contributed by atoms with Crippen molar-refractivity contribution in [2.24, 2.45) is 0 Å². The fourth-order valence-corrected chi connectivity index (χ4v) is 1.41. The quantitative estimate of drug-likeness (QED) is 0.764. The van der Waals surface area contributed by atoms with Crippen LogP contribution in [0.2, 0.25) is 0 Å². The van der Waals surface area contributed by atoms with Gasteiger partial charge in [0.2, 0.25) is 0 Å². The molecule has 2 heterocycles. The summed E-state index contributed by atoms with van der Waals surface area (Å²) in [7, 11) is 0. The maximum Gasteiger partial charge on any atom is 0.269 e. The standard InChI is InChI=1S/C11H12FN5O/c12-8-3-4-9(14-6-8)11(18)13-5-1-2-10-15-7-16-17-10/h3-4,6-7H,1-2,5H2,(H,13,18)(H,15,16,17). The minimum absolute atomic E-state index is 0.205. The van der Waals surface area contributed by atoms with E-state index in [0.29, 0.717) is 13.0 Å². The van der Waals surface area contributed by atoms with E-state index in [-0.39, 0.29) is 11.6 Å². The predicted molar refractivity (Wildman–Crippen MR) is 61.2 cm³/mol. The van der Waals surface area contributed by atoms with Crippen LogP contribution in [-0.4, -0.2) is 32.6 Å². The van der Waals surface area contributed by atoms with Crippen LogP contribution in [0.15, 0.2) is 24.7 Å². The molecule has 2 N–H and O–H groups in total. The Kier molecular flexibility index (Phi) is 3.95. The van der Waals surface area contributed by atoms with E-state index in [9.17, 15) is 9.18 Å². The highest BCUT2D eigenvalue weighted by molar-refractivity contribution is 5.92. The average Bonchev–Trinajstić information content (AvgIpc) is 2.88. The summed E-state index contributed by atoms with van der Waals surface area (Å²) >= 11 is 0. The molecule has 0 bridgehead atoms. The Morgan fingerprint density at radius 1 is 1.39 bits per heavy atom. The summed E-state index contributed by atoms with van der Waals surface area (Å²) in [5, 5.41) is 9.15. The molecule has 94 valence electrons. The summed E-state index contributed by atoms with van der Waals surface area (Å²) in [6, 6.07) is 2.55. The van der Waals surface area contributed by atoms with Crippen LogP contribution in [0.1, 0.15) is 22.7 Å². The number of aromatic amines is 1. The highest BCUT2D eigenvalue weighted by atomic mass is 19.1.